The van der Waals surface area contributed by atoms with Crippen molar-refractivity contribution >= 4 is 17.8 Å². The molecule has 2 N–H and O–H groups in total. The molecule has 4 atom stereocenters. The highest BCUT2D eigenvalue weighted by Crippen LogP contribution is 2.31. The molecule has 0 aliphatic carbocycles. The quantitative estimate of drug-likeness (QED) is 0.545. The molecule has 1 unspecified atom stereocenters. The first-order chi connectivity index (χ1) is 16.2. The highest BCUT2D eigenvalue weighted by Gasteiger charge is 2.40. The fourth-order valence-electron chi connectivity index (χ4n) is 4.73. The summed E-state index contributed by atoms with van der Waals surface area (Å²) in [5.74, 6) is -1.08. The van der Waals surface area contributed by atoms with Crippen LogP contribution in [0.5, 0.6) is 0 Å². The van der Waals surface area contributed by atoms with Gasteiger partial charge in [0.25, 0.3) is 0 Å². The number of benzene rings is 1. The molecule has 7 nitrogen and oxygen atoms in total. The summed E-state index contributed by atoms with van der Waals surface area (Å²) in [6, 6.07) is 8.80. The number of carbonyl (C=O) groups excluding carboxylic acids is 2. The molecule has 1 saturated heterocycles. The van der Waals surface area contributed by atoms with Crippen molar-refractivity contribution in [2.45, 2.75) is 78.4 Å². The fraction of sp³-hybridized carbons (Fsp3) is 0.607. The van der Waals surface area contributed by atoms with Gasteiger partial charge in [0.1, 0.15) is 6.04 Å². The van der Waals surface area contributed by atoms with E-state index in [4.69, 9.17) is 0 Å². The Bertz CT molecular complexity index is 920. The molecule has 1 aliphatic rings. The maximum Gasteiger partial charge on any atom is 0.331 e. The van der Waals surface area contributed by atoms with E-state index in [2.05, 4.69) is 22.3 Å². The number of hydrogen-bond acceptors (Lipinski definition) is 4. The molecule has 0 saturated carbocycles. The molecule has 0 bridgehead atoms. The van der Waals surface area contributed by atoms with Crippen LogP contribution in [0, 0.1) is 11.3 Å². The van der Waals surface area contributed by atoms with Gasteiger partial charge in [-0.25, -0.2) is 4.79 Å². The largest absolute Gasteiger partial charge is 0.478 e. The molecule has 7 heteroatoms. The number of amides is 2. The zero-order valence-electron chi connectivity index (χ0n) is 22.5. The lowest BCUT2D eigenvalue weighted by Gasteiger charge is -2.40. The molecular formula is C28H43N3O4. The minimum atomic E-state index is -1.01. The van der Waals surface area contributed by atoms with Gasteiger partial charge in [-0.2, -0.15) is 0 Å². The summed E-state index contributed by atoms with van der Waals surface area (Å²) in [7, 11) is 3.64. The normalized spacial score (nSPS) is 21.3. The lowest BCUT2D eigenvalue weighted by Crippen LogP contribution is -2.60. The Morgan fingerprint density at radius 1 is 1.17 bits per heavy atom. The molecular weight excluding hydrogens is 442 g/mol. The summed E-state index contributed by atoms with van der Waals surface area (Å²) in [6.07, 6.45) is 3.30. The number of likely N-dealkylation sites (N-methyl/N-ethyl adjacent to an activating group) is 2. The average Bonchev–Trinajstić information content (AvgIpc) is 2.79. The summed E-state index contributed by atoms with van der Waals surface area (Å²) in [4.78, 5) is 42.3. The lowest BCUT2D eigenvalue weighted by molar-refractivity contribution is -0.141. The third-order valence-corrected chi connectivity index (χ3v) is 7.08. The van der Waals surface area contributed by atoms with Crippen LogP contribution in [0.3, 0.4) is 0 Å². The first-order valence-corrected chi connectivity index (χ1v) is 12.5. The van der Waals surface area contributed by atoms with E-state index in [1.165, 1.54) is 12.5 Å². The predicted octanol–water partition coefficient (Wildman–Crippen LogP) is 3.91. The third-order valence-electron chi connectivity index (χ3n) is 7.08. The van der Waals surface area contributed by atoms with Crippen molar-refractivity contribution in [3.05, 3.63) is 47.5 Å². The second-order valence-electron chi connectivity index (χ2n) is 11.3. The highest BCUT2D eigenvalue weighted by atomic mass is 16.4. The number of carbonyl (C=O) groups is 3. The zero-order chi connectivity index (χ0) is 26.5. The molecule has 1 aliphatic heterocycles. The second-order valence-corrected chi connectivity index (χ2v) is 11.3. The molecule has 2 amide bonds. The van der Waals surface area contributed by atoms with Gasteiger partial charge in [0.05, 0.1) is 12.1 Å². The Morgan fingerprint density at radius 3 is 2.29 bits per heavy atom. The van der Waals surface area contributed by atoms with Crippen molar-refractivity contribution in [3.8, 4) is 0 Å². The Morgan fingerprint density at radius 2 is 1.77 bits per heavy atom. The molecule has 0 spiro atoms. The van der Waals surface area contributed by atoms with E-state index in [-0.39, 0.29) is 29.3 Å². The van der Waals surface area contributed by atoms with Crippen molar-refractivity contribution in [2.24, 2.45) is 11.3 Å². The van der Waals surface area contributed by atoms with Gasteiger partial charge in [-0.3, -0.25) is 14.5 Å². The molecule has 194 valence electrons. The Labute approximate surface area is 210 Å². The molecule has 0 aromatic heterocycles. The number of aliphatic carboxylic acids is 1. The van der Waals surface area contributed by atoms with Crippen molar-refractivity contribution in [1.29, 1.82) is 0 Å². The van der Waals surface area contributed by atoms with Crippen molar-refractivity contribution in [1.82, 2.24) is 15.1 Å². The van der Waals surface area contributed by atoms with E-state index in [0.717, 1.165) is 13.0 Å². The Kier molecular flexibility index (Phi) is 9.67. The standard InChI is InChI=1S/C28H43N3O4/c1-18(2)22(16-19(3)27(34)35)31(8)26(33)24(28(4,5)6)29-25(32)23-17-21(14-15-30(23)7)20-12-10-9-11-13-20/h9-13,16,18,21-24H,14-15,17H2,1-8H3,(H,29,32)(H,34,35)/b19-16+/t21-,22-,23+,24?/m1/s1. The van der Waals surface area contributed by atoms with Crippen molar-refractivity contribution in [3.63, 3.8) is 0 Å². The van der Waals surface area contributed by atoms with E-state index in [1.54, 1.807) is 18.0 Å². The Balaban J connectivity index is 2.25. The number of piperidine rings is 1. The average molecular weight is 486 g/mol. The van der Waals surface area contributed by atoms with Crippen LogP contribution in [0.25, 0.3) is 0 Å². The minimum absolute atomic E-state index is 0.00526. The van der Waals surface area contributed by atoms with Crippen molar-refractivity contribution < 1.29 is 19.5 Å². The molecule has 1 fully saturated rings. The number of carboxylic acids is 1. The van der Waals surface area contributed by atoms with E-state index in [9.17, 15) is 19.5 Å². The predicted molar refractivity (Wildman–Crippen MR) is 139 cm³/mol. The second kappa shape index (κ2) is 11.8. The first kappa shape index (κ1) is 28.6. The highest BCUT2D eigenvalue weighted by molar-refractivity contribution is 5.91. The topological polar surface area (TPSA) is 90.0 Å². The van der Waals surface area contributed by atoms with Crippen LogP contribution in [-0.2, 0) is 14.4 Å². The first-order valence-electron chi connectivity index (χ1n) is 12.5. The van der Waals surface area contributed by atoms with Gasteiger partial charge in [0.15, 0.2) is 0 Å². The van der Waals surface area contributed by atoms with E-state index >= 15 is 0 Å². The fourth-order valence-corrected chi connectivity index (χ4v) is 4.73. The lowest BCUT2D eigenvalue weighted by atomic mass is 9.83. The van der Waals surface area contributed by atoms with Crippen LogP contribution in [0.2, 0.25) is 0 Å². The van der Waals surface area contributed by atoms with Gasteiger partial charge in [0.2, 0.25) is 11.8 Å². The summed E-state index contributed by atoms with van der Waals surface area (Å²) >= 11 is 0. The number of carboxylic acid groups (broad SMARTS) is 1. The molecule has 2 rings (SSSR count). The van der Waals surface area contributed by atoms with E-state index < -0.39 is 23.5 Å². The summed E-state index contributed by atoms with van der Waals surface area (Å²) in [5.41, 5.74) is 0.901. The molecule has 1 aromatic carbocycles. The van der Waals surface area contributed by atoms with Crippen LogP contribution in [-0.4, -0.2) is 71.5 Å². The van der Waals surface area contributed by atoms with Crippen molar-refractivity contribution in [2.75, 3.05) is 20.6 Å². The molecule has 35 heavy (non-hydrogen) atoms. The maximum atomic E-state index is 13.7. The Hall–Kier alpha value is -2.67. The zero-order valence-corrected chi connectivity index (χ0v) is 22.5. The molecule has 0 radical (unpaired) electrons. The number of hydrogen-bond donors (Lipinski definition) is 2. The third kappa shape index (κ3) is 7.40. The molecule has 1 aromatic rings. The summed E-state index contributed by atoms with van der Waals surface area (Å²) in [6.45, 7) is 12.0. The minimum Gasteiger partial charge on any atom is -0.478 e. The van der Waals surface area contributed by atoms with Gasteiger partial charge < -0.3 is 15.3 Å². The summed E-state index contributed by atoms with van der Waals surface area (Å²) < 4.78 is 0. The van der Waals surface area contributed by atoms with Crippen LogP contribution < -0.4 is 5.32 Å². The van der Waals surface area contributed by atoms with Gasteiger partial charge in [-0.05, 0) is 56.2 Å². The van der Waals surface area contributed by atoms with Gasteiger partial charge in [-0.15, -0.1) is 0 Å². The number of rotatable bonds is 8. The van der Waals surface area contributed by atoms with Crippen LogP contribution in [0.4, 0.5) is 0 Å². The van der Waals surface area contributed by atoms with Gasteiger partial charge >= 0.3 is 5.97 Å². The van der Waals surface area contributed by atoms with E-state index in [1.807, 2.05) is 59.9 Å². The summed E-state index contributed by atoms with van der Waals surface area (Å²) in [5, 5.41) is 12.4. The van der Waals surface area contributed by atoms with E-state index in [0.29, 0.717) is 12.3 Å². The van der Waals surface area contributed by atoms with Gasteiger partial charge in [-0.1, -0.05) is 71.0 Å². The number of likely N-dealkylation sites (tertiary alicyclic amines) is 1. The van der Waals surface area contributed by atoms with Crippen LogP contribution in [0.1, 0.15) is 65.9 Å². The number of nitrogens with zero attached hydrogens (tertiary/aromatic N) is 2. The SMILES string of the molecule is C/C(=C\[C@H](C(C)C)N(C)C(=O)C(NC(=O)[C@@H]1C[C@H](c2ccccc2)CCN1C)C(C)(C)C)C(=O)O. The monoisotopic (exact) mass is 485 g/mol. The number of nitrogens with one attached hydrogen (secondary N) is 1. The van der Waals surface area contributed by atoms with Gasteiger partial charge in [0, 0.05) is 12.6 Å². The molecule has 1 heterocycles. The van der Waals surface area contributed by atoms with Crippen LogP contribution in [0.15, 0.2) is 42.0 Å². The van der Waals surface area contributed by atoms with Crippen LogP contribution >= 0.6 is 0 Å². The maximum absolute atomic E-state index is 13.7. The smallest absolute Gasteiger partial charge is 0.331 e.